The van der Waals surface area contributed by atoms with Crippen molar-refractivity contribution < 1.29 is 27.4 Å². The summed E-state index contributed by atoms with van der Waals surface area (Å²) in [7, 11) is 0. The lowest BCUT2D eigenvalue weighted by Crippen LogP contribution is -2.20. The Labute approximate surface area is 114 Å². The Morgan fingerprint density at radius 2 is 2.00 bits per heavy atom. The van der Waals surface area contributed by atoms with E-state index in [1.54, 1.807) is 0 Å². The molecule has 0 saturated carbocycles. The smallest absolute Gasteiger partial charge is 0.464 e. The van der Waals surface area contributed by atoms with Crippen LogP contribution in [0.1, 0.15) is 19.8 Å². The number of rotatable bonds is 7. The number of ether oxygens (including phenoxy) is 2. The molecule has 0 fully saturated rings. The van der Waals surface area contributed by atoms with Crippen molar-refractivity contribution in [1.82, 2.24) is 0 Å². The molecule has 0 amide bonds. The molecule has 0 saturated heterocycles. The Bertz CT molecular complexity index is 435. The Hall–Kier alpha value is -1.92. The van der Waals surface area contributed by atoms with Gasteiger partial charge in [-0.2, -0.15) is 0 Å². The molecule has 0 aliphatic rings. The Kier molecular flexibility index (Phi) is 6.14. The van der Waals surface area contributed by atoms with Crippen LogP contribution in [-0.4, -0.2) is 25.5 Å². The number of nitrogens with one attached hydrogen (secondary N) is 1. The van der Waals surface area contributed by atoms with Gasteiger partial charge in [0.15, 0.2) is 5.75 Å². The van der Waals surface area contributed by atoms with Gasteiger partial charge in [0.25, 0.3) is 0 Å². The maximum absolute atomic E-state index is 12.2. The number of esters is 1. The molecule has 0 atom stereocenters. The predicted octanol–water partition coefficient (Wildman–Crippen LogP) is 3.34. The van der Waals surface area contributed by atoms with Crippen LogP contribution in [-0.2, 0) is 9.53 Å². The summed E-state index contributed by atoms with van der Waals surface area (Å²) in [4.78, 5) is 11.3. The molecule has 0 spiro atoms. The number of alkyl halides is 3. The summed E-state index contributed by atoms with van der Waals surface area (Å²) in [6.45, 7) is 2.04. The van der Waals surface area contributed by atoms with Gasteiger partial charge < -0.3 is 14.8 Å². The van der Waals surface area contributed by atoms with E-state index in [1.165, 1.54) is 18.2 Å². The quantitative estimate of drug-likeness (QED) is 0.618. The van der Waals surface area contributed by atoms with Gasteiger partial charge in [-0.15, -0.1) is 13.2 Å². The van der Waals surface area contributed by atoms with Crippen molar-refractivity contribution in [2.24, 2.45) is 0 Å². The van der Waals surface area contributed by atoms with Crippen LogP contribution in [0.15, 0.2) is 24.3 Å². The van der Waals surface area contributed by atoms with E-state index in [-0.39, 0.29) is 18.0 Å². The number of hydrogen-bond donors (Lipinski definition) is 1. The summed E-state index contributed by atoms with van der Waals surface area (Å²) < 4.78 is 45.3. The summed E-state index contributed by atoms with van der Waals surface area (Å²) >= 11 is 0. The van der Waals surface area contributed by atoms with Crippen LogP contribution in [0.2, 0.25) is 0 Å². The molecule has 1 rings (SSSR count). The standard InChI is InChI=1S/C13H16F3NO3/c1-2-3-8-19-12(18)9-17-10-6-4-5-7-11(10)20-13(14,15)16/h4-7,17H,2-3,8-9H2,1H3. The normalized spacial score (nSPS) is 11.0. The number of carbonyl (C=O) groups is 1. The first-order valence-corrected chi connectivity index (χ1v) is 6.16. The Balaban J connectivity index is 2.53. The van der Waals surface area contributed by atoms with E-state index in [2.05, 4.69) is 10.1 Å². The number of benzene rings is 1. The minimum atomic E-state index is -4.78. The SMILES string of the molecule is CCCCOC(=O)CNc1ccccc1OC(F)(F)F. The zero-order valence-electron chi connectivity index (χ0n) is 11.0. The molecule has 0 aliphatic heterocycles. The second-order valence-corrected chi connectivity index (χ2v) is 3.97. The van der Waals surface area contributed by atoms with E-state index in [1.807, 2.05) is 6.92 Å². The van der Waals surface area contributed by atoms with Gasteiger partial charge in [0.2, 0.25) is 0 Å². The average Bonchev–Trinajstić information content (AvgIpc) is 2.36. The molecule has 112 valence electrons. The zero-order valence-corrected chi connectivity index (χ0v) is 11.0. The molecule has 0 aromatic heterocycles. The summed E-state index contributed by atoms with van der Waals surface area (Å²) in [6.07, 6.45) is -3.14. The van der Waals surface area contributed by atoms with Gasteiger partial charge in [0.1, 0.15) is 6.54 Å². The minimum Gasteiger partial charge on any atom is -0.464 e. The third kappa shape index (κ3) is 6.31. The molecule has 4 nitrogen and oxygen atoms in total. The van der Waals surface area contributed by atoms with Gasteiger partial charge in [-0.05, 0) is 18.6 Å². The van der Waals surface area contributed by atoms with Crippen molar-refractivity contribution in [3.05, 3.63) is 24.3 Å². The minimum absolute atomic E-state index is 0.0808. The summed E-state index contributed by atoms with van der Waals surface area (Å²) in [5.74, 6) is -0.915. The zero-order chi connectivity index (χ0) is 15.0. The first-order valence-electron chi connectivity index (χ1n) is 6.16. The highest BCUT2D eigenvalue weighted by Crippen LogP contribution is 2.29. The number of hydrogen-bond acceptors (Lipinski definition) is 4. The highest BCUT2D eigenvalue weighted by Gasteiger charge is 2.32. The lowest BCUT2D eigenvalue weighted by atomic mass is 10.3. The fraction of sp³-hybridized carbons (Fsp3) is 0.462. The summed E-state index contributed by atoms with van der Waals surface area (Å²) in [6, 6.07) is 5.50. The third-order valence-corrected chi connectivity index (χ3v) is 2.30. The molecule has 7 heteroatoms. The van der Waals surface area contributed by atoms with E-state index < -0.39 is 12.3 Å². The van der Waals surface area contributed by atoms with Crippen molar-refractivity contribution in [3.63, 3.8) is 0 Å². The number of unbranched alkanes of at least 4 members (excludes halogenated alkanes) is 1. The highest BCUT2D eigenvalue weighted by molar-refractivity contribution is 5.75. The van der Waals surface area contributed by atoms with Gasteiger partial charge in [0, 0.05) is 0 Å². The summed E-state index contributed by atoms with van der Waals surface area (Å²) in [5.41, 5.74) is 0.0808. The third-order valence-electron chi connectivity index (χ3n) is 2.30. The monoisotopic (exact) mass is 291 g/mol. The Morgan fingerprint density at radius 1 is 1.30 bits per heavy atom. The molecule has 1 aromatic rings. The molecule has 1 aromatic carbocycles. The van der Waals surface area contributed by atoms with Crippen molar-refractivity contribution in [2.45, 2.75) is 26.1 Å². The molecular formula is C13H16F3NO3. The van der Waals surface area contributed by atoms with Crippen molar-refractivity contribution in [3.8, 4) is 5.75 Å². The van der Waals surface area contributed by atoms with Crippen LogP contribution in [0.25, 0.3) is 0 Å². The fourth-order valence-corrected chi connectivity index (χ4v) is 1.38. The van der Waals surface area contributed by atoms with Crippen LogP contribution >= 0.6 is 0 Å². The van der Waals surface area contributed by atoms with Crippen molar-refractivity contribution >= 4 is 11.7 Å². The molecule has 0 heterocycles. The molecular weight excluding hydrogens is 275 g/mol. The van der Waals surface area contributed by atoms with Crippen LogP contribution in [0, 0.1) is 0 Å². The molecule has 0 unspecified atom stereocenters. The molecule has 0 bridgehead atoms. The number of para-hydroxylation sites is 2. The first kappa shape index (κ1) is 16.1. The number of anilines is 1. The largest absolute Gasteiger partial charge is 0.573 e. The van der Waals surface area contributed by atoms with Gasteiger partial charge in [-0.1, -0.05) is 25.5 Å². The maximum Gasteiger partial charge on any atom is 0.573 e. The van der Waals surface area contributed by atoms with E-state index in [4.69, 9.17) is 4.74 Å². The van der Waals surface area contributed by atoms with E-state index in [0.29, 0.717) is 6.61 Å². The van der Waals surface area contributed by atoms with Gasteiger partial charge in [0.05, 0.1) is 12.3 Å². The highest BCUT2D eigenvalue weighted by atomic mass is 19.4. The fourth-order valence-electron chi connectivity index (χ4n) is 1.38. The first-order chi connectivity index (χ1) is 9.42. The average molecular weight is 291 g/mol. The molecule has 0 radical (unpaired) electrons. The second kappa shape index (κ2) is 7.62. The lowest BCUT2D eigenvalue weighted by molar-refractivity contribution is -0.274. The van der Waals surface area contributed by atoms with Gasteiger partial charge in [-0.3, -0.25) is 4.79 Å². The van der Waals surface area contributed by atoms with Crippen LogP contribution in [0.3, 0.4) is 0 Å². The summed E-state index contributed by atoms with van der Waals surface area (Å²) in [5, 5.41) is 2.56. The lowest BCUT2D eigenvalue weighted by Gasteiger charge is -2.14. The van der Waals surface area contributed by atoms with Crippen LogP contribution in [0.4, 0.5) is 18.9 Å². The molecule has 1 N–H and O–H groups in total. The topological polar surface area (TPSA) is 47.6 Å². The van der Waals surface area contributed by atoms with E-state index in [9.17, 15) is 18.0 Å². The van der Waals surface area contributed by atoms with Crippen molar-refractivity contribution in [2.75, 3.05) is 18.5 Å². The van der Waals surface area contributed by atoms with Gasteiger partial charge in [-0.25, -0.2) is 0 Å². The maximum atomic E-state index is 12.2. The number of carbonyl (C=O) groups excluding carboxylic acids is 1. The van der Waals surface area contributed by atoms with Crippen molar-refractivity contribution in [1.29, 1.82) is 0 Å². The Morgan fingerprint density at radius 3 is 2.65 bits per heavy atom. The molecule has 0 aliphatic carbocycles. The predicted molar refractivity (Wildman–Crippen MR) is 67.5 cm³/mol. The van der Waals surface area contributed by atoms with Gasteiger partial charge >= 0.3 is 12.3 Å². The van der Waals surface area contributed by atoms with Crippen LogP contribution in [0.5, 0.6) is 5.75 Å². The van der Waals surface area contributed by atoms with E-state index in [0.717, 1.165) is 18.9 Å². The number of halogens is 3. The van der Waals surface area contributed by atoms with Crippen LogP contribution < -0.4 is 10.1 Å². The van der Waals surface area contributed by atoms with E-state index >= 15 is 0 Å². The molecule has 20 heavy (non-hydrogen) atoms. The second-order valence-electron chi connectivity index (χ2n) is 3.97.